The van der Waals surface area contributed by atoms with Gasteiger partial charge in [-0.3, -0.25) is 0 Å². The number of nitrogens with zero attached hydrogens (tertiary/aromatic N) is 3. The van der Waals surface area contributed by atoms with Crippen molar-refractivity contribution in [2.45, 2.75) is 18.9 Å². The molecule has 0 bridgehead atoms. The summed E-state index contributed by atoms with van der Waals surface area (Å²) in [6.45, 7) is 0.764. The van der Waals surface area contributed by atoms with Gasteiger partial charge in [0.15, 0.2) is 0 Å². The predicted molar refractivity (Wildman–Crippen MR) is 95.5 cm³/mol. The first-order valence-electron chi connectivity index (χ1n) is 8.21. The van der Waals surface area contributed by atoms with Crippen LogP contribution in [0, 0.1) is 5.82 Å². The van der Waals surface area contributed by atoms with E-state index in [-0.39, 0.29) is 5.82 Å². The van der Waals surface area contributed by atoms with Gasteiger partial charge in [-0.1, -0.05) is 42.5 Å². The standard InChI is InChI=1S/C19H20FN5/c20-16-10-8-15(9-11-16)18(21)17-13-23-19(25-24-17)22-12-4-7-14-5-2-1-3-6-14/h1-3,5-6,8-11,13,18H,4,7,12,21H2,(H,22,23,25). The third-order valence-electron chi connectivity index (χ3n) is 3.90. The Morgan fingerprint density at radius 1 is 1.00 bits per heavy atom. The molecule has 0 spiro atoms. The Morgan fingerprint density at radius 3 is 2.44 bits per heavy atom. The topological polar surface area (TPSA) is 76.7 Å². The molecule has 5 nitrogen and oxygen atoms in total. The van der Waals surface area contributed by atoms with Gasteiger partial charge in [0.2, 0.25) is 5.95 Å². The zero-order valence-electron chi connectivity index (χ0n) is 13.8. The molecule has 0 aliphatic carbocycles. The molecule has 0 amide bonds. The molecule has 6 heteroatoms. The quantitative estimate of drug-likeness (QED) is 0.648. The van der Waals surface area contributed by atoms with Gasteiger partial charge >= 0.3 is 0 Å². The zero-order chi connectivity index (χ0) is 17.5. The van der Waals surface area contributed by atoms with Crippen LogP contribution in [-0.4, -0.2) is 21.7 Å². The van der Waals surface area contributed by atoms with E-state index in [1.165, 1.54) is 17.7 Å². The van der Waals surface area contributed by atoms with Gasteiger partial charge in [0.25, 0.3) is 0 Å². The lowest BCUT2D eigenvalue weighted by atomic mass is 10.1. The Balaban J connectivity index is 1.50. The highest BCUT2D eigenvalue weighted by atomic mass is 19.1. The number of benzene rings is 2. The summed E-state index contributed by atoms with van der Waals surface area (Å²) in [4.78, 5) is 4.25. The summed E-state index contributed by atoms with van der Waals surface area (Å²) in [5.41, 5.74) is 8.73. The molecular weight excluding hydrogens is 317 g/mol. The van der Waals surface area contributed by atoms with Crippen molar-refractivity contribution in [3.63, 3.8) is 0 Å². The molecule has 2 aromatic carbocycles. The Bertz CT molecular complexity index is 775. The normalized spacial score (nSPS) is 11.9. The van der Waals surface area contributed by atoms with E-state index < -0.39 is 6.04 Å². The summed E-state index contributed by atoms with van der Waals surface area (Å²) in [6, 6.07) is 15.9. The molecule has 0 fully saturated rings. The summed E-state index contributed by atoms with van der Waals surface area (Å²) < 4.78 is 13.0. The summed E-state index contributed by atoms with van der Waals surface area (Å²) >= 11 is 0. The van der Waals surface area contributed by atoms with Gasteiger partial charge in [0.05, 0.1) is 12.2 Å². The summed E-state index contributed by atoms with van der Waals surface area (Å²) in [5.74, 6) is 0.179. The number of hydrogen-bond acceptors (Lipinski definition) is 5. The van der Waals surface area contributed by atoms with Crippen LogP contribution in [0.5, 0.6) is 0 Å². The fourth-order valence-electron chi connectivity index (χ4n) is 2.49. The number of rotatable bonds is 7. The van der Waals surface area contributed by atoms with E-state index in [0.29, 0.717) is 11.6 Å². The molecule has 3 rings (SSSR count). The van der Waals surface area contributed by atoms with Crippen LogP contribution in [0.3, 0.4) is 0 Å². The smallest absolute Gasteiger partial charge is 0.242 e. The Kier molecular flexibility index (Phi) is 5.64. The van der Waals surface area contributed by atoms with Crippen molar-refractivity contribution in [1.29, 1.82) is 0 Å². The largest absolute Gasteiger partial charge is 0.353 e. The van der Waals surface area contributed by atoms with Crippen molar-refractivity contribution in [3.05, 3.63) is 83.4 Å². The second-order valence-electron chi connectivity index (χ2n) is 5.75. The fraction of sp³-hybridized carbons (Fsp3) is 0.211. The lowest BCUT2D eigenvalue weighted by molar-refractivity contribution is 0.626. The Morgan fingerprint density at radius 2 is 1.76 bits per heavy atom. The van der Waals surface area contributed by atoms with Gasteiger partial charge < -0.3 is 11.1 Å². The van der Waals surface area contributed by atoms with E-state index in [0.717, 1.165) is 24.9 Å². The number of nitrogens with two attached hydrogens (primary N) is 1. The molecule has 1 atom stereocenters. The highest BCUT2D eigenvalue weighted by molar-refractivity contribution is 5.28. The number of anilines is 1. The average Bonchev–Trinajstić information content (AvgIpc) is 2.67. The molecule has 3 N–H and O–H groups in total. The van der Waals surface area contributed by atoms with Gasteiger partial charge in [-0.05, 0) is 36.1 Å². The monoisotopic (exact) mass is 337 g/mol. The minimum atomic E-state index is -0.479. The van der Waals surface area contributed by atoms with Crippen molar-refractivity contribution in [2.75, 3.05) is 11.9 Å². The van der Waals surface area contributed by atoms with Gasteiger partial charge in [-0.2, -0.15) is 0 Å². The SMILES string of the molecule is NC(c1ccc(F)cc1)c1cnc(NCCCc2ccccc2)nn1. The maximum absolute atomic E-state index is 13.0. The lowest BCUT2D eigenvalue weighted by Gasteiger charge is -2.11. The predicted octanol–water partition coefficient (Wildman–Crippen LogP) is 3.10. The molecule has 1 unspecified atom stereocenters. The molecule has 0 radical (unpaired) electrons. The van der Waals surface area contributed by atoms with Crippen LogP contribution >= 0.6 is 0 Å². The van der Waals surface area contributed by atoms with E-state index in [9.17, 15) is 4.39 Å². The van der Waals surface area contributed by atoms with E-state index in [4.69, 9.17) is 5.73 Å². The van der Waals surface area contributed by atoms with Crippen LogP contribution in [0.2, 0.25) is 0 Å². The first-order chi connectivity index (χ1) is 12.2. The molecule has 1 heterocycles. The third-order valence-corrected chi connectivity index (χ3v) is 3.90. The van der Waals surface area contributed by atoms with Gasteiger partial charge in [0, 0.05) is 6.54 Å². The molecule has 3 aromatic rings. The Hall–Kier alpha value is -2.86. The van der Waals surface area contributed by atoms with E-state index in [2.05, 4.69) is 32.6 Å². The van der Waals surface area contributed by atoms with Crippen LogP contribution in [0.1, 0.15) is 29.3 Å². The molecule has 1 aromatic heterocycles. The van der Waals surface area contributed by atoms with E-state index >= 15 is 0 Å². The fourth-order valence-corrected chi connectivity index (χ4v) is 2.49. The maximum Gasteiger partial charge on any atom is 0.242 e. The first-order valence-corrected chi connectivity index (χ1v) is 8.21. The van der Waals surface area contributed by atoms with Gasteiger partial charge in [-0.25, -0.2) is 9.37 Å². The number of hydrogen-bond donors (Lipinski definition) is 2. The van der Waals surface area contributed by atoms with Crippen LogP contribution < -0.4 is 11.1 Å². The minimum absolute atomic E-state index is 0.296. The van der Waals surface area contributed by atoms with E-state index in [1.807, 2.05) is 18.2 Å². The van der Waals surface area contributed by atoms with Crippen LogP contribution in [0.15, 0.2) is 60.8 Å². The van der Waals surface area contributed by atoms with Crippen LogP contribution in [0.25, 0.3) is 0 Å². The van der Waals surface area contributed by atoms with Gasteiger partial charge in [-0.15, -0.1) is 10.2 Å². The number of aryl methyl sites for hydroxylation is 1. The molecule has 0 aliphatic heterocycles. The van der Waals surface area contributed by atoms with Crippen molar-refractivity contribution in [3.8, 4) is 0 Å². The minimum Gasteiger partial charge on any atom is -0.353 e. The third kappa shape index (κ3) is 4.81. The van der Waals surface area contributed by atoms with Crippen molar-refractivity contribution >= 4 is 5.95 Å². The molecule has 0 saturated carbocycles. The molecular formula is C19H20FN5. The highest BCUT2D eigenvalue weighted by Crippen LogP contribution is 2.17. The first kappa shape index (κ1) is 17.0. The summed E-state index contributed by atoms with van der Waals surface area (Å²) in [7, 11) is 0. The number of aromatic nitrogens is 3. The second-order valence-corrected chi connectivity index (χ2v) is 5.75. The van der Waals surface area contributed by atoms with Gasteiger partial charge in [0.1, 0.15) is 11.5 Å². The zero-order valence-corrected chi connectivity index (χ0v) is 13.8. The average molecular weight is 337 g/mol. The summed E-state index contributed by atoms with van der Waals surface area (Å²) in [6.07, 6.45) is 3.57. The number of halogens is 1. The number of nitrogens with one attached hydrogen (secondary N) is 1. The van der Waals surface area contributed by atoms with E-state index in [1.54, 1.807) is 18.3 Å². The van der Waals surface area contributed by atoms with Crippen LogP contribution in [-0.2, 0) is 6.42 Å². The van der Waals surface area contributed by atoms with Crippen LogP contribution in [0.4, 0.5) is 10.3 Å². The molecule has 0 aliphatic rings. The molecule has 0 saturated heterocycles. The molecule has 25 heavy (non-hydrogen) atoms. The van der Waals surface area contributed by atoms with Crippen molar-refractivity contribution < 1.29 is 4.39 Å². The second kappa shape index (κ2) is 8.30. The highest BCUT2D eigenvalue weighted by Gasteiger charge is 2.12. The molecule has 128 valence electrons. The van der Waals surface area contributed by atoms with Crippen molar-refractivity contribution in [2.24, 2.45) is 5.73 Å². The lowest BCUT2D eigenvalue weighted by Crippen LogP contribution is -2.16. The Labute approximate surface area is 146 Å². The summed E-state index contributed by atoms with van der Waals surface area (Å²) in [5, 5.41) is 11.3. The van der Waals surface area contributed by atoms with Crippen molar-refractivity contribution in [1.82, 2.24) is 15.2 Å². The maximum atomic E-state index is 13.0.